The second-order valence-electron chi connectivity index (χ2n) is 5.40. The topological polar surface area (TPSA) is 52.6 Å². The van der Waals surface area contributed by atoms with Crippen molar-refractivity contribution in [1.82, 2.24) is 0 Å². The first-order valence-electron chi connectivity index (χ1n) is 6.51. The number of carbonyl (C=O) groups excluding carboxylic acids is 2. The van der Waals surface area contributed by atoms with Crippen LogP contribution >= 0.6 is 0 Å². The van der Waals surface area contributed by atoms with E-state index in [1.165, 1.54) is 18.1 Å². The van der Waals surface area contributed by atoms with Crippen molar-refractivity contribution in [3.8, 4) is 0 Å². The lowest BCUT2D eigenvalue weighted by Crippen LogP contribution is -2.34. The maximum atomic E-state index is 11.8. The van der Waals surface area contributed by atoms with Crippen LogP contribution < -0.4 is 0 Å². The summed E-state index contributed by atoms with van der Waals surface area (Å²) >= 11 is 0. The molecule has 2 rings (SSSR count). The summed E-state index contributed by atoms with van der Waals surface area (Å²) in [6.07, 6.45) is 1.37. The highest BCUT2D eigenvalue weighted by atomic mass is 16.6. The highest BCUT2D eigenvalue weighted by molar-refractivity contribution is 5.88. The maximum Gasteiger partial charge on any atom is 0.344 e. The van der Waals surface area contributed by atoms with Gasteiger partial charge >= 0.3 is 11.9 Å². The van der Waals surface area contributed by atoms with Crippen molar-refractivity contribution in [2.75, 3.05) is 6.61 Å². The Morgan fingerprint density at radius 1 is 1.25 bits per heavy atom. The number of hydrogen-bond donors (Lipinski definition) is 0. The number of esters is 2. The van der Waals surface area contributed by atoms with Crippen LogP contribution in [0.3, 0.4) is 0 Å². The minimum absolute atomic E-state index is 0.261. The molecule has 1 aliphatic rings. The van der Waals surface area contributed by atoms with E-state index < -0.39 is 17.5 Å². The van der Waals surface area contributed by atoms with Crippen LogP contribution in [-0.2, 0) is 31.9 Å². The van der Waals surface area contributed by atoms with Gasteiger partial charge in [0.25, 0.3) is 0 Å². The Morgan fingerprint density at radius 2 is 1.80 bits per heavy atom. The van der Waals surface area contributed by atoms with E-state index in [2.05, 4.69) is 6.58 Å². The zero-order chi connectivity index (χ0) is 14.8. The molecule has 0 radical (unpaired) electrons. The summed E-state index contributed by atoms with van der Waals surface area (Å²) in [6, 6.07) is 8.02. The first kappa shape index (κ1) is 14.3. The number of hydrogen-bond acceptors (Lipinski definition) is 4. The Hall–Kier alpha value is -2.10. The third-order valence-electron chi connectivity index (χ3n) is 3.28. The van der Waals surface area contributed by atoms with Crippen LogP contribution in [0.15, 0.2) is 36.4 Å². The third kappa shape index (κ3) is 3.26. The monoisotopic (exact) mass is 274 g/mol. The summed E-state index contributed by atoms with van der Waals surface area (Å²) in [5.41, 5.74) is 2.09. The van der Waals surface area contributed by atoms with E-state index in [-0.39, 0.29) is 12.2 Å². The van der Waals surface area contributed by atoms with Crippen molar-refractivity contribution in [3.63, 3.8) is 0 Å². The molecule has 0 saturated heterocycles. The SMILES string of the molecule is C=C(C)C(=O)OCC(=O)OC1(C)Cc2ccccc2C1. The fraction of sp³-hybridized carbons (Fsp3) is 0.375. The normalized spacial score (nSPS) is 15.3. The van der Waals surface area contributed by atoms with E-state index >= 15 is 0 Å². The van der Waals surface area contributed by atoms with Gasteiger partial charge in [0.15, 0.2) is 6.61 Å². The molecule has 0 unspecified atom stereocenters. The largest absolute Gasteiger partial charge is 0.456 e. The van der Waals surface area contributed by atoms with Crippen LogP contribution in [0.25, 0.3) is 0 Å². The highest BCUT2D eigenvalue weighted by Crippen LogP contribution is 2.32. The molecule has 0 bridgehead atoms. The van der Waals surface area contributed by atoms with Gasteiger partial charge in [0.1, 0.15) is 5.60 Å². The van der Waals surface area contributed by atoms with Gasteiger partial charge in [-0.05, 0) is 25.0 Å². The molecule has 0 saturated carbocycles. The molecule has 0 N–H and O–H groups in total. The van der Waals surface area contributed by atoms with Crippen LogP contribution in [0.4, 0.5) is 0 Å². The number of rotatable bonds is 4. The Morgan fingerprint density at radius 3 is 2.30 bits per heavy atom. The molecule has 1 aromatic carbocycles. The van der Waals surface area contributed by atoms with Crippen molar-refractivity contribution in [1.29, 1.82) is 0 Å². The molecule has 1 aromatic rings. The average Bonchev–Trinajstić information content (AvgIpc) is 2.71. The molecule has 0 aromatic heterocycles. The average molecular weight is 274 g/mol. The summed E-state index contributed by atoms with van der Waals surface area (Å²) in [5.74, 6) is -1.11. The van der Waals surface area contributed by atoms with Crippen molar-refractivity contribution in [2.24, 2.45) is 0 Å². The molecule has 106 valence electrons. The highest BCUT2D eigenvalue weighted by Gasteiger charge is 2.36. The Balaban J connectivity index is 1.90. The van der Waals surface area contributed by atoms with Crippen molar-refractivity contribution in [3.05, 3.63) is 47.5 Å². The molecule has 1 aliphatic carbocycles. The van der Waals surface area contributed by atoms with Gasteiger partial charge in [-0.3, -0.25) is 0 Å². The third-order valence-corrected chi connectivity index (χ3v) is 3.28. The van der Waals surface area contributed by atoms with E-state index in [0.717, 1.165) is 0 Å². The number of benzene rings is 1. The lowest BCUT2D eigenvalue weighted by atomic mass is 10.0. The molecule has 0 fully saturated rings. The molecular weight excluding hydrogens is 256 g/mol. The summed E-state index contributed by atoms with van der Waals surface area (Å²) in [5, 5.41) is 0. The van der Waals surface area contributed by atoms with Gasteiger partial charge in [-0.2, -0.15) is 0 Å². The second kappa shape index (κ2) is 5.49. The smallest absolute Gasteiger partial charge is 0.344 e. The van der Waals surface area contributed by atoms with Gasteiger partial charge in [0.05, 0.1) is 0 Å². The van der Waals surface area contributed by atoms with Crippen LogP contribution in [0.1, 0.15) is 25.0 Å². The quantitative estimate of drug-likeness (QED) is 0.624. The molecule has 20 heavy (non-hydrogen) atoms. The molecule has 4 nitrogen and oxygen atoms in total. The fourth-order valence-corrected chi connectivity index (χ4v) is 2.39. The van der Waals surface area contributed by atoms with Crippen LogP contribution in [0.2, 0.25) is 0 Å². The first-order valence-corrected chi connectivity index (χ1v) is 6.51. The van der Waals surface area contributed by atoms with Gasteiger partial charge in [0, 0.05) is 18.4 Å². The van der Waals surface area contributed by atoms with Gasteiger partial charge in [-0.1, -0.05) is 30.8 Å². The molecule has 0 atom stereocenters. The first-order chi connectivity index (χ1) is 9.39. The van der Waals surface area contributed by atoms with E-state index in [1.54, 1.807) is 0 Å². The number of fused-ring (bicyclic) bond motifs is 1. The lowest BCUT2D eigenvalue weighted by molar-refractivity contribution is -0.166. The van der Waals surface area contributed by atoms with E-state index in [1.807, 2.05) is 31.2 Å². The molecule has 0 heterocycles. The summed E-state index contributed by atoms with van der Waals surface area (Å²) in [6.45, 7) is 6.50. The number of carbonyl (C=O) groups is 2. The minimum Gasteiger partial charge on any atom is -0.456 e. The zero-order valence-electron chi connectivity index (χ0n) is 11.8. The van der Waals surface area contributed by atoms with Crippen LogP contribution in [0.5, 0.6) is 0 Å². The zero-order valence-corrected chi connectivity index (χ0v) is 11.8. The van der Waals surface area contributed by atoms with Gasteiger partial charge < -0.3 is 9.47 Å². The van der Waals surface area contributed by atoms with Crippen molar-refractivity contribution < 1.29 is 19.1 Å². The number of ether oxygens (including phenoxy) is 2. The van der Waals surface area contributed by atoms with Crippen molar-refractivity contribution >= 4 is 11.9 Å². The Labute approximate surface area is 118 Å². The standard InChI is InChI=1S/C16H18O4/c1-11(2)15(18)19-10-14(17)20-16(3)8-12-6-4-5-7-13(12)9-16/h4-7H,1,8-10H2,2-3H3. The Kier molecular flexibility index (Phi) is 3.93. The molecule has 0 spiro atoms. The second-order valence-corrected chi connectivity index (χ2v) is 5.40. The maximum absolute atomic E-state index is 11.8. The minimum atomic E-state index is -0.582. The Bertz CT molecular complexity index is 534. The molecule has 4 heteroatoms. The lowest BCUT2D eigenvalue weighted by Gasteiger charge is -2.24. The molecular formula is C16H18O4. The molecule has 0 amide bonds. The van der Waals surface area contributed by atoms with Crippen molar-refractivity contribution in [2.45, 2.75) is 32.3 Å². The van der Waals surface area contributed by atoms with Crippen LogP contribution in [0, 0.1) is 0 Å². The summed E-state index contributed by atoms with van der Waals surface area (Å²) in [4.78, 5) is 23.0. The van der Waals surface area contributed by atoms with Gasteiger partial charge in [0.2, 0.25) is 0 Å². The predicted octanol–water partition coefficient (Wildman–Crippen LogP) is 2.21. The van der Waals surface area contributed by atoms with E-state index in [9.17, 15) is 9.59 Å². The summed E-state index contributed by atoms with van der Waals surface area (Å²) < 4.78 is 10.3. The van der Waals surface area contributed by atoms with E-state index in [0.29, 0.717) is 12.8 Å². The van der Waals surface area contributed by atoms with Crippen LogP contribution in [-0.4, -0.2) is 24.1 Å². The molecule has 0 aliphatic heterocycles. The fourth-order valence-electron chi connectivity index (χ4n) is 2.39. The van der Waals surface area contributed by atoms with Gasteiger partial charge in [-0.25, -0.2) is 9.59 Å². The predicted molar refractivity (Wildman–Crippen MR) is 74.1 cm³/mol. The van der Waals surface area contributed by atoms with Gasteiger partial charge in [-0.15, -0.1) is 0 Å². The summed E-state index contributed by atoms with van der Waals surface area (Å²) in [7, 11) is 0. The van der Waals surface area contributed by atoms with E-state index in [4.69, 9.17) is 9.47 Å².